The van der Waals surface area contributed by atoms with E-state index in [-0.39, 0.29) is 0 Å². The van der Waals surface area contributed by atoms with E-state index in [2.05, 4.69) is 62.3 Å². The van der Waals surface area contributed by atoms with Gasteiger partial charge >= 0.3 is 0 Å². The number of nitrogens with two attached hydrogens (primary N) is 1. The quantitative estimate of drug-likeness (QED) is 0.599. The van der Waals surface area contributed by atoms with Gasteiger partial charge in [0.05, 0.1) is 0 Å². The molecule has 0 aromatic carbocycles. The zero-order valence-corrected chi connectivity index (χ0v) is 15.6. The highest BCUT2D eigenvalue weighted by Gasteiger charge is 2.32. The van der Waals surface area contributed by atoms with Crippen LogP contribution in [0.1, 0.15) is 68.7 Å². The van der Waals surface area contributed by atoms with Gasteiger partial charge in [0, 0.05) is 0 Å². The van der Waals surface area contributed by atoms with Crippen LogP contribution in [-0.4, -0.2) is 6.54 Å². The molecule has 0 heterocycles. The molecule has 0 saturated carbocycles. The van der Waals surface area contributed by atoms with Crippen molar-refractivity contribution in [3.63, 3.8) is 0 Å². The van der Waals surface area contributed by atoms with Crippen molar-refractivity contribution in [1.29, 1.82) is 0 Å². The van der Waals surface area contributed by atoms with Crippen molar-refractivity contribution in [3.8, 4) is 0 Å². The van der Waals surface area contributed by atoms with Gasteiger partial charge in [-0.15, -0.1) is 0 Å². The van der Waals surface area contributed by atoms with E-state index in [9.17, 15) is 0 Å². The lowest BCUT2D eigenvalue weighted by molar-refractivity contribution is 0.103. The first-order valence-electron chi connectivity index (χ1n) is 8.88. The highest BCUT2D eigenvalue weighted by Crippen LogP contribution is 2.38. The smallest absolute Gasteiger partial charge is 0.00489 e. The monoisotopic (exact) mass is 283 g/mol. The van der Waals surface area contributed by atoms with E-state index in [1.807, 2.05) is 0 Å². The Kier molecular flexibility index (Phi) is 9.06. The van der Waals surface area contributed by atoms with E-state index < -0.39 is 0 Å². The molecule has 0 saturated heterocycles. The van der Waals surface area contributed by atoms with Crippen LogP contribution < -0.4 is 5.73 Å². The maximum absolute atomic E-state index is 5.85. The summed E-state index contributed by atoms with van der Waals surface area (Å²) in [5, 5.41) is 0. The van der Waals surface area contributed by atoms with Crippen LogP contribution in [0.5, 0.6) is 0 Å². The Balaban J connectivity index is 4.71. The van der Waals surface area contributed by atoms with Gasteiger partial charge in [-0.3, -0.25) is 0 Å². The lowest BCUT2D eigenvalue weighted by Gasteiger charge is -2.39. The highest BCUT2D eigenvalue weighted by atomic mass is 14.6. The summed E-state index contributed by atoms with van der Waals surface area (Å²) >= 11 is 0. The van der Waals surface area contributed by atoms with Crippen LogP contribution >= 0.6 is 0 Å². The minimum Gasteiger partial charge on any atom is -0.330 e. The van der Waals surface area contributed by atoms with Gasteiger partial charge in [0.25, 0.3) is 0 Å². The van der Waals surface area contributed by atoms with Crippen LogP contribution in [0.2, 0.25) is 0 Å². The maximum atomic E-state index is 5.85. The Hall–Kier alpha value is -0.0400. The molecular weight excluding hydrogens is 242 g/mol. The first kappa shape index (κ1) is 20.0. The molecule has 20 heavy (non-hydrogen) atoms. The van der Waals surface area contributed by atoms with Gasteiger partial charge < -0.3 is 5.73 Å². The Morgan fingerprint density at radius 1 is 0.550 bits per heavy atom. The molecular formula is C19H41N. The SMILES string of the molecule is CCC(C)C(C)C(C)C(C)C(C)C(C)C(C)[C@@H](C)CN. The van der Waals surface area contributed by atoms with Gasteiger partial charge in [0.2, 0.25) is 0 Å². The third-order valence-electron chi connectivity index (χ3n) is 6.96. The molecule has 0 aliphatic carbocycles. The first-order chi connectivity index (χ1) is 9.18. The predicted molar refractivity (Wildman–Crippen MR) is 92.7 cm³/mol. The summed E-state index contributed by atoms with van der Waals surface area (Å²) in [6, 6.07) is 0. The highest BCUT2D eigenvalue weighted by molar-refractivity contribution is 4.81. The van der Waals surface area contributed by atoms with Gasteiger partial charge in [-0.25, -0.2) is 0 Å². The summed E-state index contributed by atoms with van der Waals surface area (Å²) in [6.45, 7) is 22.5. The fraction of sp³-hybridized carbons (Fsp3) is 1.00. The minimum absolute atomic E-state index is 0.627. The van der Waals surface area contributed by atoms with Crippen molar-refractivity contribution in [2.24, 2.45) is 53.1 Å². The fourth-order valence-electron chi connectivity index (χ4n) is 3.54. The molecule has 0 bridgehead atoms. The van der Waals surface area contributed by atoms with Crippen molar-refractivity contribution < 1.29 is 0 Å². The second kappa shape index (κ2) is 9.07. The molecule has 1 nitrogen and oxygen atoms in total. The number of hydrogen-bond acceptors (Lipinski definition) is 1. The predicted octanol–water partition coefficient (Wildman–Crippen LogP) is 5.44. The molecule has 0 aromatic heterocycles. The molecule has 0 rings (SSSR count). The number of rotatable bonds is 9. The van der Waals surface area contributed by atoms with Crippen LogP contribution in [-0.2, 0) is 0 Å². The van der Waals surface area contributed by atoms with Crippen molar-refractivity contribution in [2.45, 2.75) is 68.7 Å². The summed E-state index contributed by atoms with van der Waals surface area (Å²) < 4.78 is 0. The summed E-state index contributed by atoms with van der Waals surface area (Å²) in [4.78, 5) is 0. The van der Waals surface area contributed by atoms with E-state index in [1.54, 1.807) is 0 Å². The van der Waals surface area contributed by atoms with Crippen LogP contribution in [0.25, 0.3) is 0 Å². The third kappa shape index (κ3) is 5.06. The lowest BCUT2D eigenvalue weighted by atomic mass is 9.67. The molecule has 0 amide bonds. The van der Waals surface area contributed by atoms with E-state index in [4.69, 9.17) is 5.73 Å². The second-order valence-electron chi connectivity index (χ2n) is 7.75. The minimum atomic E-state index is 0.627. The Bertz CT molecular complexity index is 224. The average Bonchev–Trinajstić information content (AvgIpc) is 2.48. The summed E-state index contributed by atoms with van der Waals surface area (Å²) in [7, 11) is 0. The molecule has 1 heteroatoms. The van der Waals surface area contributed by atoms with Crippen molar-refractivity contribution >= 4 is 0 Å². The van der Waals surface area contributed by atoms with Crippen LogP contribution in [0.15, 0.2) is 0 Å². The lowest BCUT2D eigenvalue weighted by Crippen LogP contribution is -2.33. The van der Waals surface area contributed by atoms with Gasteiger partial charge in [0.15, 0.2) is 0 Å². The van der Waals surface area contributed by atoms with E-state index >= 15 is 0 Å². The first-order valence-corrected chi connectivity index (χ1v) is 8.88. The Labute approximate surface area is 129 Å². The zero-order valence-electron chi connectivity index (χ0n) is 15.6. The molecule has 8 atom stereocenters. The van der Waals surface area contributed by atoms with Gasteiger partial charge in [0.1, 0.15) is 0 Å². The summed E-state index contributed by atoms with van der Waals surface area (Å²) in [5.41, 5.74) is 5.85. The van der Waals surface area contributed by atoms with E-state index in [1.165, 1.54) is 6.42 Å². The molecule has 0 spiro atoms. The molecule has 0 aliphatic heterocycles. The third-order valence-corrected chi connectivity index (χ3v) is 6.96. The maximum Gasteiger partial charge on any atom is -0.00489 e. The van der Waals surface area contributed by atoms with Crippen LogP contribution in [0.3, 0.4) is 0 Å². The standard InChI is InChI=1S/C19H41N/c1-10-12(2)14(4)16(6)18(8)19(9)17(7)15(5)13(3)11-20/h12-19H,10-11,20H2,1-9H3/t12?,13-,14?,15?,16?,17?,18?,19?/m0/s1. The molecule has 0 aromatic rings. The fourth-order valence-corrected chi connectivity index (χ4v) is 3.54. The second-order valence-corrected chi connectivity index (χ2v) is 7.75. The summed E-state index contributed by atoms with van der Waals surface area (Å²) in [5.74, 6) is 6.06. The van der Waals surface area contributed by atoms with E-state index in [0.29, 0.717) is 11.8 Å². The van der Waals surface area contributed by atoms with Crippen molar-refractivity contribution in [1.82, 2.24) is 0 Å². The van der Waals surface area contributed by atoms with Gasteiger partial charge in [-0.05, 0) is 53.9 Å². The van der Waals surface area contributed by atoms with Crippen LogP contribution in [0.4, 0.5) is 0 Å². The average molecular weight is 284 g/mol. The summed E-state index contributed by atoms with van der Waals surface area (Å²) in [6.07, 6.45) is 1.29. The topological polar surface area (TPSA) is 26.0 Å². The molecule has 7 unspecified atom stereocenters. The molecule has 0 fully saturated rings. The molecule has 0 aliphatic rings. The molecule has 122 valence electrons. The van der Waals surface area contributed by atoms with Crippen molar-refractivity contribution in [3.05, 3.63) is 0 Å². The Morgan fingerprint density at radius 3 is 1.15 bits per heavy atom. The van der Waals surface area contributed by atoms with Gasteiger partial charge in [-0.2, -0.15) is 0 Å². The van der Waals surface area contributed by atoms with Crippen molar-refractivity contribution in [2.75, 3.05) is 6.54 Å². The van der Waals surface area contributed by atoms with Gasteiger partial charge in [-0.1, -0.05) is 68.7 Å². The normalized spacial score (nSPS) is 24.3. The van der Waals surface area contributed by atoms with Crippen LogP contribution in [0, 0.1) is 47.3 Å². The molecule has 0 radical (unpaired) electrons. The zero-order chi connectivity index (χ0) is 16.0. The van der Waals surface area contributed by atoms with E-state index in [0.717, 1.165) is 42.1 Å². The largest absolute Gasteiger partial charge is 0.330 e. The Morgan fingerprint density at radius 2 is 0.850 bits per heavy atom. The molecule has 2 N–H and O–H groups in total. The number of hydrogen-bond donors (Lipinski definition) is 1.